The van der Waals surface area contributed by atoms with E-state index >= 15 is 0 Å². The first-order valence-corrected chi connectivity index (χ1v) is 10.1. The summed E-state index contributed by atoms with van der Waals surface area (Å²) in [6.07, 6.45) is -10.4. The van der Waals surface area contributed by atoms with E-state index in [1.165, 1.54) is 0 Å². The van der Waals surface area contributed by atoms with Gasteiger partial charge in [0.25, 0.3) is 0 Å². The smallest absolute Gasteiger partial charge is 0.406 e. The number of nitrogens with zero attached hydrogens (tertiary/aromatic N) is 1. The monoisotopic (exact) mass is 476 g/mol. The van der Waals surface area contributed by atoms with Crippen molar-refractivity contribution in [2.45, 2.75) is 38.0 Å². The largest absolute Gasteiger partial charge is 0.573 e. The van der Waals surface area contributed by atoms with Crippen molar-refractivity contribution in [1.82, 2.24) is 10.2 Å². The van der Waals surface area contributed by atoms with Crippen molar-refractivity contribution in [2.75, 3.05) is 19.7 Å². The van der Waals surface area contributed by atoms with Crippen LogP contribution < -0.4 is 10.1 Å². The second-order valence-corrected chi connectivity index (χ2v) is 7.61. The van der Waals surface area contributed by atoms with Gasteiger partial charge in [-0.25, -0.2) is 4.79 Å². The molecule has 2 unspecified atom stereocenters. The van der Waals surface area contributed by atoms with Gasteiger partial charge in [0.1, 0.15) is 11.9 Å². The number of carbonyl (C=O) groups excluding carboxylic acids is 1. The molecule has 1 N–H and O–H groups in total. The molecule has 1 saturated heterocycles. The fourth-order valence-corrected chi connectivity index (χ4v) is 3.30. The SMILES string of the molecule is CC(COC(c1ccccc1)c1ccc(OC(F)(F)F)cc1C(F)(F)F)NC(=O)N1CCC1. The standard InChI is InChI=1S/C22H22F6N2O3/c1-14(29-20(31)30-10-5-11-30)13-32-19(15-6-3-2-4-7-15)17-9-8-16(33-22(26,27)28)12-18(17)21(23,24)25/h2-4,6-9,12,14,19H,5,10-11,13H2,1H3,(H,29,31). The van der Waals surface area contributed by atoms with Crippen molar-refractivity contribution in [3.05, 3.63) is 65.2 Å². The molecule has 33 heavy (non-hydrogen) atoms. The molecule has 1 aliphatic heterocycles. The maximum absolute atomic E-state index is 13.8. The van der Waals surface area contributed by atoms with Crippen molar-refractivity contribution in [1.29, 1.82) is 0 Å². The van der Waals surface area contributed by atoms with Gasteiger partial charge in [-0.3, -0.25) is 0 Å². The number of amides is 2. The molecule has 2 amide bonds. The number of ether oxygens (including phenoxy) is 2. The van der Waals surface area contributed by atoms with Crippen LogP contribution in [0.15, 0.2) is 48.5 Å². The van der Waals surface area contributed by atoms with Crippen LogP contribution in [0.3, 0.4) is 0 Å². The number of rotatable bonds is 7. The van der Waals surface area contributed by atoms with E-state index in [1.807, 2.05) is 0 Å². The molecule has 1 aliphatic rings. The zero-order valence-electron chi connectivity index (χ0n) is 17.5. The molecular formula is C22H22F6N2O3. The topological polar surface area (TPSA) is 50.8 Å². The average molecular weight is 476 g/mol. The molecule has 1 heterocycles. The van der Waals surface area contributed by atoms with Crippen LogP contribution in [-0.2, 0) is 10.9 Å². The fourth-order valence-electron chi connectivity index (χ4n) is 3.30. The molecule has 180 valence electrons. The van der Waals surface area contributed by atoms with Gasteiger partial charge in [-0.15, -0.1) is 13.2 Å². The van der Waals surface area contributed by atoms with Crippen LogP contribution in [0.2, 0.25) is 0 Å². The molecule has 2 aromatic rings. The van der Waals surface area contributed by atoms with Crippen LogP contribution in [0.1, 0.15) is 36.1 Å². The van der Waals surface area contributed by atoms with Crippen molar-refractivity contribution >= 4 is 6.03 Å². The summed E-state index contributed by atoms with van der Waals surface area (Å²) in [6, 6.07) is 9.19. The third kappa shape index (κ3) is 6.77. The first-order valence-electron chi connectivity index (χ1n) is 10.1. The highest BCUT2D eigenvalue weighted by atomic mass is 19.4. The Bertz CT molecular complexity index is 945. The van der Waals surface area contributed by atoms with Crippen molar-refractivity contribution in [2.24, 2.45) is 0 Å². The number of hydrogen-bond donors (Lipinski definition) is 1. The van der Waals surface area contributed by atoms with Crippen LogP contribution in [0, 0.1) is 0 Å². The number of urea groups is 1. The highest BCUT2D eigenvalue weighted by Gasteiger charge is 2.38. The number of nitrogens with one attached hydrogen (secondary N) is 1. The van der Waals surface area contributed by atoms with E-state index in [4.69, 9.17) is 4.74 Å². The zero-order valence-corrected chi connectivity index (χ0v) is 17.5. The predicted molar refractivity (Wildman–Crippen MR) is 107 cm³/mol. The Balaban J connectivity index is 1.88. The molecule has 1 fully saturated rings. The normalized spacial score (nSPS) is 16.0. The third-order valence-corrected chi connectivity index (χ3v) is 4.97. The van der Waals surface area contributed by atoms with E-state index in [1.54, 1.807) is 42.2 Å². The zero-order chi connectivity index (χ0) is 24.2. The molecular weight excluding hydrogens is 454 g/mol. The van der Waals surface area contributed by atoms with Crippen LogP contribution in [0.4, 0.5) is 31.1 Å². The molecule has 2 aromatic carbocycles. The fraction of sp³-hybridized carbons (Fsp3) is 0.409. The van der Waals surface area contributed by atoms with Crippen LogP contribution in [0.25, 0.3) is 0 Å². The summed E-state index contributed by atoms with van der Waals surface area (Å²) in [6.45, 7) is 2.78. The summed E-state index contributed by atoms with van der Waals surface area (Å²) in [5.74, 6) is -0.986. The second-order valence-electron chi connectivity index (χ2n) is 7.61. The van der Waals surface area contributed by atoms with Gasteiger partial charge in [-0.2, -0.15) is 13.2 Å². The number of carbonyl (C=O) groups is 1. The van der Waals surface area contributed by atoms with Gasteiger partial charge in [0.2, 0.25) is 0 Å². The van der Waals surface area contributed by atoms with E-state index in [-0.39, 0.29) is 18.2 Å². The summed E-state index contributed by atoms with van der Waals surface area (Å²) in [5, 5.41) is 2.71. The van der Waals surface area contributed by atoms with E-state index < -0.39 is 36.0 Å². The first-order chi connectivity index (χ1) is 15.4. The van der Waals surface area contributed by atoms with E-state index in [9.17, 15) is 31.1 Å². The van der Waals surface area contributed by atoms with E-state index in [2.05, 4.69) is 10.1 Å². The highest BCUT2D eigenvalue weighted by molar-refractivity contribution is 5.75. The molecule has 0 aliphatic carbocycles. The molecule has 0 radical (unpaired) electrons. The minimum atomic E-state index is -5.14. The first kappa shape index (κ1) is 24.7. The summed E-state index contributed by atoms with van der Waals surface area (Å²) in [5.41, 5.74) is -1.31. The summed E-state index contributed by atoms with van der Waals surface area (Å²) in [7, 11) is 0. The number of hydrogen-bond acceptors (Lipinski definition) is 3. The molecule has 0 bridgehead atoms. The molecule has 0 spiro atoms. The lowest BCUT2D eigenvalue weighted by molar-refractivity contribution is -0.274. The van der Waals surface area contributed by atoms with E-state index in [0.717, 1.165) is 18.6 Å². The van der Waals surface area contributed by atoms with Crippen molar-refractivity contribution in [3.8, 4) is 5.75 Å². The number of likely N-dealkylation sites (tertiary alicyclic amines) is 1. The summed E-state index contributed by atoms with van der Waals surface area (Å²) < 4.78 is 88.4. The number of halogens is 6. The molecule has 0 aromatic heterocycles. The van der Waals surface area contributed by atoms with Crippen molar-refractivity contribution < 1.29 is 40.6 Å². The Hall–Kier alpha value is -2.95. The van der Waals surface area contributed by atoms with Gasteiger partial charge in [-0.1, -0.05) is 36.4 Å². The van der Waals surface area contributed by atoms with Crippen LogP contribution in [0.5, 0.6) is 5.75 Å². The molecule has 0 saturated carbocycles. The maximum atomic E-state index is 13.8. The average Bonchev–Trinajstić information content (AvgIpc) is 2.66. The van der Waals surface area contributed by atoms with E-state index in [0.29, 0.717) is 24.7 Å². The quantitative estimate of drug-likeness (QED) is 0.536. The summed E-state index contributed by atoms with van der Waals surface area (Å²) in [4.78, 5) is 13.7. The van der Waals surface area contributed by atoms with Crippen molar-refractivity contribution in [3.63, 3.8) is 0 Å². The molecule has 3 rings (SSSR count). The van der Waals surface area contributed by atoms with Gasteiger partial charge in [0, 0.05) is 13.1 Å². The minimum absolute atomic E-state index is 0.128. The van der Waals surface area contributed by atoms with Gasteiger partial charge in [0.05, 0.1) is 18.2 Å². The lowest BCUT2D eigenvalue weighted by Gasteiger charge is -2.32. The molecule has 11 heteroatoms. The van der Waals surface area contributed by atoms with Gasteiger partial charge >= 0.3 is 18.6 Å². The third-order valence-electron chi connectivity index (χ3n) is 4.97. The number of benzene rings is 2. The Labute approximate surface area is 186 Å². The van der Waals surface area contributed by atoms with Gasteiger partial charge in [-0.05, 0) is 36.6 Å². The summed E-state index contributed by atoms with van der Waals surface area (Å²) >= 11 is 0. The Morgan fingerprint density at radius 1 is 1.06 bits per heavy atom. The second kappa shape index (κ2) is 9.90. The molecule has 5 nitrogen and oxygen atoms in total. The lowest BCUT2D eigenvalue weighted by atomic mass is 9.96. The van der Waals surface area contributed by atoms with Crippen LogP contribution in [-0.4, -0.2) is 43.0 Å². The highest BCUT2D eigenvalue weighted by Crippen LogP contribution is 2.40. The maximum Gasteiger partial charge on any atom is 0.573 e. The Morgan fingerprint density at radius 2 is 1.73 bits per heavy atom. The Kier molecular flexibility index (Phi) is 7.41. The lowest BCUT2D eigenvalue weighted by Crippen LogP contribution is -2.51. The molecule has 2 atom stereocenters. The van der Waals surface area contributed by atoms with Gasteiger partial charge in [0.15, 0.2) is 0 Å². The number of alkyl halides is 6. The predicted octanol–water partition coefficient (Wildman–Crippen LogP) is 5.51. The minimum Gasteiger partial charge on any atom is -0.406 e. The van der Waals surface area contributed by atoms with Gasteiger partial charge < -0.3 is 19.7 Å². The van der Waals surface area contributed by atoms with Crippen LogP contribution >= 0.6 is 0 Å². The Morgan fingerprint density at radius 3 is 2.27 bits per heavy atom.